The number of aliphatic imine (C=N–C) groups is 1. The molecule has 3 aliphatic rings. The third-order valence-electron chi connectivity index (χ3n) is 5.55. The summed E-state index contributed by atoms with van der Waals surface area (Å²) in [5, 5.41) is 0. The van der Waals surface area contributed by atoms with Gasteiger partial charge >= 0.3 is 0 Å². The van der Waals surface area contributed by atoms with Gasteiger partial charge in [0.1, 0.15) is 12.0 Å². The summed E-state index contributed by atoms with van der Waals surface area (Å²) >= 11 is 0. The zero-order chi connectivity index (χ0) is 15.4. The molecular weight excluding hydrogens is 282 g/mol. The lowest BCUT2D eigenvalue weighted by Crippen LogP contribution is -2.55. The van der Waals surface area contributed by atoms with Gasteiger partial charge in [-0.15, -0.1) is 0 Å². The second-order valence-electron chi connectivity index (χ2n) is 6.85. The van der Waals surface area contributed by atoms with Crippen molar-refractivity contribution in [2.75, 3.05) is 18.0 Å². The highest BCUT2D eigenvalue weighted by molar-refractivity contribution is 6.07. The molecule has 2 aromatic carbocycles. The number of hydrogen-bond donors (Lipinski definition) is 0. The van der Waals surface area contributed by atoms with Crippen LogP contribution >= 0.6 is 0 Å². The van der Waals surface area contributed by atoms with Gasteiger partial charge in [-0.2, -0.15) is 0 Å². The lowest BCUT2D eigenvalue weighted by Gasteiger charge is -2.45. The van der Waals surface area contributed by atoms with Crippen LogP contribution in [0.1, 0.15) is 30.4 Å². The van der Waals surface area contributed by atoms with Crippen LogP contribution in [0.3, 0.4) is 0 Å². The summed E-state index contributed by atoms with van der Waals surface area (Å²) in [4.78, 5) is 10.1. The first-order valence-corrected chi connectivity index (χ1v) is 8.58. The summed E-state index contributed by atoms with van der Waals surface area (Å²) in [5.41, 5.74) is 4.12. The molecule has 3 heteroatoms. The van der Waals surface area contributed by atoms with Crippen LogP contribution in [0.15, 0.2) is 59.6 Å². The SMILES string of the molecule is CC1CN=C2c3ccccc3N3CCC(c4ccccc4)C3N21. The van der Waals surface area contributed by atoms with Crippen molar-refractivity contribution in [2.45, 2.75) is 31.5 Å². The Morgan fingerprint density at radius 3 is 2.65 bits per heavy atom. The summed E-state index contributed by atoms with van der Waals surface area (Å²) in [6, 6.07) is 20.3. The molecule has 0 saturated carbocycles. The maximum Gasteiger partial charge on any atom is 0.135 e. The average Bonchev–Trinajstić information content (AvgIpc) is 3.20. The average molecular weight is 303 g/mol. The van der Waals surface area contributed by atoms with E-state index in [1.165, 1.54) is 29.1 Å². The summed E-state index contributed by atoms with van der Waals surface area (Å²) in [5.74, 6) is 1.76. The molecule has 3 nitrogen and oxygen atoms in total. The van der Waals surface area contributed by atoms with Crippen LogP contribution in [0.4, 0.5) is 5.69 Å². The molecule has 0 spiro atoms. The van der Waals surface area contributed by atoms with Gasteiger partial charge in [0.2, 0.25) is 0 Å². The minimum atomic E-state index is 0.406. The van der Waals surface area contributed by atoms with Crippen molar-refractivity contribution in [2.24, 2.45) is 4.99 Å². The molecule has 3 atom stereocenters. The fourth-order valence-electron chi connectivity index (χ4n) is 4.54. The molecule has 23 heavy (non-hydrogen) atoms. The number of anilines is 1. The fourth-order valence-corrected chi connectivity index (χ4v) is 4.54. The Morgan fingerprint density at radius 2 is 1.78 bits per heavy atom. The van der Waals surface area contributed by atoms with Crippen molar-refractivity contribution >= 4 is 11.5 Å². The van der Waals surface area contributed by atoms with Gasteiger partial charge in [-0.1, -0.05) is 42.5 Å². The molecule has 0 aromatic heterocycles. The van der Waals surface area contributed by atoms with Gasteiger partial charge in [0.05, 0.1) is 6.54 Å². The molecule has 0 aliphatic carbocycles. The normalized spacial score (nSPS) is 28.2. The Kier molecular flexibility index (Phi) is 2.78. The first-order chi connectivity index (χ1) is 11.3. The van der Waals surface area contributed by atoms with Gasteiger partial charge in [0.25, 0.3) is 0 Å². The molecule has 3 unspecified atom stereocenters. The van der Waals surface area contributed by atoms with Gasteiger partial charge in [0, 0.05) is 29.8 Å². The number of amidine groups is 1. The number of benzene rings is 2. The van der Waals surface area contributed by atoms with E-state index < -0.39 is 0 Å². The van der Waals surface area contributed by atoms with Crippen molar-refractivity contribution in [3.8, 4) is 0 Å². The Morgan fingerprint density at radius 1 is 1.00 bits per heavy atom. The Labute approximate surface area is 137 Å². The number of para-hydroxylation sites is 1. The van der Waals surface area contributed by atoms with Crippen LogP contribution in [0, 0.1) is 0 Å². The lowest BCUT2D eigenvalue weighted by molar-refractivity contribution is 0.253. The zero-order valence-corrected chi connectivity index (χ0v) is 13.4. The minimum absolute atomic E-state index is 0.406. The number of rotatable bonds is 1. The number of nitrogens with zero attached hydrogens (tertiary/aromatic N) is 3. The molecule has 1 fully saturated rings. The van der Waals surface area contributed by atoms with E-state index in [1.807, 2.05) is 0 Å². The topological polar surface area (TPSA) is 18.8 Å². The van der Waals surface area contributed by atoms with E-state index in [4.69, 9.17) is 4.99 Å². The third kappa shape index (κ3) is 1.79. The minimum Gasteiger partial charge on any atom is -0.350 e. The highest BCUT2D eigenvalue weighted by Crippen LogP contribution is 2.45. The van der Waals surface area contributed by atoms with Gasteiger partial charge in [-0.3, -0.25) is 4.99 Å². The first kappa shape index (κ1) is 13.2. The van der Waals surface area contributed by atoms with Gasteiger partial charge < -0.3 is 9.80 Å². The maximum atomic E-state index is 4.88. The molecular formula is C20H21N3. The van der Waals surface area contributed by atoms with Crippen molar-refractivity contribution in [1.29, 1.82) is 0 Å². The van der Waals surface area contributed by atoms with Crippen LogP contribution in [0.2, 0.25) is 0 Å². The Hall–Kier alpha value is -2.29. The standard InChI is InChI=1S/C20H21N3/c1-14-13-21-19-17-9-5-6-10-18(17)22-12-11-16(20(22)23(14)19)15-7-3-2-4-8-15/h2-10,14,16,20H,11-13H2,1H3. The molecule has 2 aromatic rings. The Bertz CT molecular complexity index is 767. The summed E-state index contributed by atoms with van der Waals surface area (Å²) < 4.78 is 0. The zero-order valence-electron chi connectivity index (χ0n) is 13.4. The van der Waals surface area contributed by atoms with Gasteiger partial charge in [0.15, 0.2) is 0 Å². The number of hydrogen-bond acceptors (Lipinski definition) is 3. The van der Waals surface area contributed by atoms with Crippen LogP contribution in [0.5, 0.6) is 0 Å². The molecule has 116 valence electrons. The molecule has 0 radical (unpaired) electrons. The number of fused-ring (bicyclic) bond motifs is 6. The predicted molar refractivity (Wildman–Crippen MR) is 94.1 cm³/mol. The molecule has 1 saturated heterocycles. The second-order valence-corrected chi connectivity index (χ2v) is 6.85. The molecule has 3 aliphatic heterocycles. The Balaban J connectivity index is 1.66. The van der Waals surface area contributed by atoms with Crippen molar-refractivity contribution in [3.05, 3.63) is 65.7 Å². The molecule has 5 rings (SSSR count). The summed E-state index contributed by atoms with van der Waals surface area (Å²) in [6.07, 6.45) is 1.61. The molecule has 0 bridgehead atoms. The lowest BCUT2D eigenvalue weighted by atomic mass is 9.92. The molecule has 3 heterocycles. The second kappa shape index (κ2) is 4.85. The predicted octanol–water partition coefficient (Wildman–Crippen LogP) is 3.47. The van der Waals surface area contributed by atoms with Gasteiger partial charge in [-0.05, 0) is 31.0 Å². The van der Waals surface area contributed by atoms with Crippen molar-refractivity contribution < 1.29 is 0 Å². The fraction of sp³-hybridized carbons (Fsp3) is 0.350. The van der Waals surface area contributed by atoms with Crippen LogP contribution in [-0.4, -0.2) is 36.0 Å². The van der Waals surface area contributed by atoms with E-state index >= 15 is 0 Å². The highest BCUT2D eigenvalue weighted by Gasteiger charge is 2.47. The summed E-state index contributed by atoms with van der Waals surface area (Å²) in [7, 11) is 0. The van der Waals surface area contributed by atoms with Crippen molar-refractivity contribution in [3.63, 3.8) is 0 Å². The van der Waals surface area contributed by atoms with E-state index in [-0.39, 0.29) is 0 Å². The van der Waals surface area contributed by atoms with E-state index in [9.17, 15) is 0 Å². The quantitative estimate of drug-likeness (QED) is 0.803. The monoisotopic (exact) mass is 303 g/mol. The van der Waals surface area contributed by atoms with Crippen molar-refractivity contribution in [1.82, 2.24) is 4.90 Å². The van der Waals surface area contributed by atoms with Gasteiger partial charge in [-0.25, -0.2) is 0 Å². The molecule has 0 amide bonds. The summed E-state index contributed by atoms with van der Waals surface area (Å²) in [6.45, 7) is 4.34. The first-order valence-electron chi connectivity index (χ1n) is 8.58. The smallest absolute Gasteiger partial charge is 0.135 e. The highest BCUT2D eigenvalue weighted by atomic mass is 15.4. The van der Waals surface area contributed by atoms with Crippen LogP contribution in [-0.2, 0) is 0 Å². The van der Waals surface area contributed by atoms with E-state index in [1.54, 1.807) is 0 Å². The van der Waals surface area contributed by atoms with E-state index in [0.29, 0.717) is 18.1 Å². The van der Waals surface area contributed by atoms with E-state index in [2.05, 4.69) is 71.3 Å². The maximum absolute atomic E-state index is 4.88. The van der Waals surface area contributed by atoms with E-state index in [0.717, 1.165) is 13.1 Å². The largest absolute Gasteiger partial charge is 0.350 e. The third-order valence-corrected chi connectivity index (χ3v) is 5.55. The molecule has 0 N–H and O–H groups in total. The van der Waals surface area contributed by atoms with Crippen LogP contribution in [0.25, 0.3) is 0 Å². The van der Waals surface area contributed by atoms with Crippen LogP contribution < -0.4 is 4.90 Å².